The van der Waals surface area contributed by atoms with Crippen molar-refractivity contribution in [1.82, 2.24) is 4.98 Å². The lowest BCUT2D eigenvalue weighted by atomic mass is 10.3. The van der Waals surface area contributed by atoms with Crippen LogP contribution < -0.4 is 16.6 Å². The van der Waals surface area contributed by atoms with Crippen molar-refractivity contribution >= 4 is 23.3 Å². The number of nitrogens with one attached hydrogen (secondary N) is 2. The Hall–Kier alpha value is -2.42. The molecule has 9 nitrogen and oxygen atoms in total. The summed E-state index contributed by atoms with van der Waals surface area (Å²) in [5.74, 6) is 4.81. The minimum absolute atomic E-state index is 0.0523. The number of nitro groups is 1. The quantitative estimate of drug-likeness (QED) is 0.285. The molecule has 0 aliphatic carbocycles. The van der Waals surface area contributed by atoms with Gasteiger partial charge in [-0.25, -0.2) is 10.8 Å². The zero-order valence-corrected chi connectivity index (χ0v) is 9.67. The van der Waals surface area contributed by atoms with Crippen LogP contribution in [-0.2, 0) is 9.53 Å². The maximum Gasteiger partial charge on any atom is 0.325 e. The number of hydrogen-bond donors (Lipinski definition) is 3. The fraction of sp³-hybridized carbons (Fsp3) is 0.333. The normalized spacial score (nSPS) is 9.67. The van der Waals surface area contributed by atoms with Crippen LogP contribution in [-0.4, -0.2) is 29.0 Å². The van der Waals surface area contributed by atoms with Gasteiger partial charge in [-0.15, -0.1) is 0 Å². The lowest BCUT2D eigenvalue weighted by molar-refractivity contribution is -0.384. The number of rotatable bonds is 6. The monoisotopic (exact) mass is 255 g/mol. The van der Waals surface area contributed by atoms with Crippen LogP contribution in [0.2, 0.25) is 0 Å². The third kappa shape index (κ3) is 3.56. The lowest BCUT2D eigenvalue weighted by Crippen LogP contribution is -2.18. The summed E-state index contributed by atoms with van der Waals surface area (Å²) in [5.41, 5.74) is 2.00. The maximum absolute atomic E-state index is 11.1. The second-order valence-electron chi connectivity index (χ2n) is 3.12. The molecule has 18 heavy (non-hydrogen) atoms. The Morgan fingerprint density at radius 1 is 1.61 bits per heavy atom. The minimum atomic E-state index is -0.610. The van der Waals surface area contributed by atoms with Gasteiger partial charge in [0.2, 0.25) is 5.82 Å². The zero-order chi connectivity index (χ0) is 13.5. The Morgan fingerprint density at radius 3 is 2.89 bits per heavy atom. The number of anilines is 2. The molecule has 0 amide bonds. The van der Waals surface area contributed by atoms with Gasteiger partial charge < -0.3 is 15.5 Å². The van der Waals surface area contributed by atoms with Gasteiger partial charge in [-0.2, -0.15) is 0 Å². The number of ether oxygens (including phenoxy) is 1. The SMILES string of the molecule is CCOC(=O)CNc1nc(NN)ccc1[N+](=O)[O-]. The molecule has 1 aromatic rings. The van der Waals surface area contributed by atoms with Crippen molar-refractivity contribution in [3.63, 3.8) is 0 Å². The van der Waals surface area contributed by atoms with Gasteiger partial charge in [0.25, 0.3) is 0 Å². The molecule has 0 saturated carbocycles. The highest BCUT2D eigenvalue weighted by molar-refractivity contribution is 5.76. The second-order valence-corrected chi connectivity index (χ2v) is 3.12. The molecule has 0 aromatic carbocycles. The molecule has 0 spiro atoms. The van der Waals surface area contributed by atoms with E-state index >= 15 is 0 Å². The van der Waals surface area contributed by atoms with Crippen LogP contribution in [0.5, 0.6) is 0 Å². The Bertz CT molecular complexity index is 451. The number of hydrogen-bond acceptors (Lipinski definition) is 8. The molecule has 0 unspecified atom stereocenters. The number of nitrogens with two attached hydrogens (primary N) is 1. The summed E-state index contributed by atoms with van der Waals surface area (Å²) >= 11 is 0. The third-order valence-corrected chi connectivity index (χ3v) is 1.92. The van der Waals surface area contributed by atoms with Gasteiger partial charge in [0.1, 0.15) is 12.4 Å². The third-order valence-electron chi connectivity index (χ3n) is 1.92. The highest BCUT2D eigenvalue weighted by atomic mass is 16.6. The molecule has 9 heteroatoms. The van der Waals surface area contributed by atoms with Crippen molar-refractivity contribution in [1.29, 1.82) is 0 Å². The van der Waals surface area contributed by atoms with E-state index in [1.54, 1.807) is 6.92 Å². The molecule has 0 bridgehead atoms. The van der Waals surface area contributed by atoms with Crippen LogP contribution >= 0.6 is 0 Å². The molecular weight excluding hydrogens is 242 g/mol. The molecule has 0 fully saturated rings. The number of aromatic nitrogens is 1. The molecule has 0 saturated heterocycles. The van der Waals surface area contributed by atoms with Crippen molar-refractivity contribution in [3.8, 4) is 0 Å². The smallest absolute Gasteiger partial charge is 0.325 e. The van der Waals surface area contributed by atoms with Crippen molar-refractivity contribution in [3.05, 3.63) is 22.2 Å². The van der Waals surface area contributed by atoms with E-state index in [0.29, 0.717) is 0 Å². The van der Waals surface area contributed by atoms with Gasteiger partial charge in [0.05, 0.1) is 11.5 Å². The average molecular weight is 255 g/mol. The predicted molar refractivity (Wildman–Crippen MR) is 63.8 cm³/mol. The Morgan fingerprint density at radius 2 is 2.33 bits per heavy atom. The summed E-state index contributed by atoms with van der Waals surface area (Å²) in [4.78, 5) is 25.1. The molecule has 0 radical (unpaired) electrons. The maximum atomic E-state index is 11.1. The van der Waals surface area contributed by atoms with Crippen molar-refractivity contribution < 1.29 is 14.5 Å². The van der Waals surface area contributed by atoms with Gasteiger partial charge in [-0.3, -0.25) is 14.9 Å². The first-order valence-corrected chi connectivity index (χ1v) is 5.10. The van der Waals surface area contributed by atoms with E-state index in [0.717, 1.165) is 0 Å². The number of pyridine rings is 1. The van der Waals surface area contributed by atoms with E-state index in [1.165, 1.54) is 12.1 Å². The number of carbonyl (C=O) groups excluding carboxylic acids is 1. The largest absolute Gasteiger partial charge is 0.465 e. The molecule has 1 rings (SSSR count). The van der Waals surface area contributed by atoms with Crippen LogP contribution in [0.1, 0.15) is 6.92 Å². The summed E-state index contributed by atoms with van der Waals surface area (Å²) in [6, 6.07) is 2.59. The van der Waals surface area contributed by atoms with E-state index in [9.17, 15) is 14.9 Å². The van der Waals surface area contributed by atoms with Crippen LogP contribution in [0.25, 0.3) is 0 Å². The molecular formula is C9H13N5O4. The van der Waals surface area contributed by atoms with Gasteiger partial charge >= 0.3 is 11.7 Å². The molecule has 1 aromatic heterocycles. The van der Waals surface area contributed by atoms with Gasteiger partial charge in [-0.05, 0) is 13.0 Å². The zero-order valence-electron chi connectivity index (χ0n) is 9.67. The van der Waals surface area contributed by atoms with Gasteiger partial charge in [0, 0.05) is 6.07 Å². The van der Waals surface area contributed by atoms with Crippen LogP contribution in [0.15, 0.2) is 12.1 Å². The molecule has 0 aliphatic rings. The Labute approximate surface area is 102 Å². The Kier molecular flexibility index (Phi) is 4.81. The number of nitrogens with zero attached hydrogens (tertiary/aromatic N) is 2. The van der Waals surface area contributed by atoms with Crippen LogP contribution in [0, 0.1) is 10.1 Å². The summed E-state index contributed by atoms with van der Waals surface area (Å²) in [6.45, 7) is 1.69. The summed E-state index contributed by atoms with van der Waals surface area (Å²) in [5, 5.41) is 13.3. The second kappa shape index (κ2) is 6.35. The summed E-state index contributed by atoms with van der Waals surface area (Å²) < 4.78 is 4.68. The standard InChI is InChI=1S/C9H13N5O4/c1-2-18-8(15)5-11-9-6(14(16)17)3-4-7(12-9)13-10/h3-4H,2,5,10H2,1H3,(H2,11,12,13). The van der Waals surface area contributed by atoms with Crippen molar-refractivity contribution in [2.24, 2.45) is 5.84 Å². The molecule has 4 N–H and O–H groups in total. The highest BCUT2D eigenvalue weighted by Gasteiger charge is 2.16. The van der Waals surface area contributed by atoms with E-state index < -0.39 is 10.9 Å². The van der Waals surface area contributed by atoms with Crippen molar-refractivity contribution in [2.75, 3.05) is 23.9 Å². The van der Waals surface area contributed by atoms with Crippen LogP contribution in [0.4, 0.5) is 17.3 Å². The molecule has 0 aliphatic heterocycles. The lowest BCUT2D eigenvalue weighted by Gasteiger charge is -2.07. The van der Waals surface area contributed by atoms with E-state index in [-0.39, 0.29) is 30.5 Å². The van der Waals surface area contributed by atoms with E-state index in [2.05, 4.69) is 20.5 Å². The first-order chi connectivity index (χ1) is 8.58. The molecule has 0 atom stereocenters. The van der Waals surface area contributed by atoms with E-state index in [1.807, 2.05) is 0 Å². The molecule has 1 heterocycles. The van der Waals surface area contributed by atoms with Crippen LogP contribution in [0.3, 0.4) is 0 Å². The summed E-state index contributed by atoms with van der Waals surface area (Å²) in [6.07, 6.45) is 0. The fourth-order valence-electron chi connectivity index (χ4n) is 1.18. The fourth-order valence-corrected chi connectivity index (χ4v) is 1.18. The number of hydrazine groups is 1. The number of nitrogen functional groups attached to an aromatic ring is 1. The minimum Gasteiger partial charge on any atom is -0.465 e. The number of carbonyl (C=O) groups is 1. The molecule has 98 valence electrons. The summed E-state index contributed by atoms with van der Waals surface area (Å²) in [7, 11) is 0. The van der Waals surface area contributed by atoms with Gasteiger partial charge in [-0.1, -0.05) is 0 Å². The number of esters is 1. The first-order valence-electron chi connectivity index (χ1n) is 5.10. The highest BCUT2D eigenvalue weighted by Crippen LogP contribution is 2.23. The first kappa shape index (κ1) is 13.6. The van der Waals surface area contributed by atoms with E-state index in [4.69, 9.17) is 5.84 Å². The topological polar surface area (TPSA) is 132 Å². The van der Waals surface area contributed by atoms with Gasteiger partial charge in [0.15, 0.2) is 0 Å². The Balaban J connectivity index is 2.84. The predicted octanol–water partition coefficient (Wildman–Crippen LogP) is 0.250. The average Bonchev–Trinajstić information content (AvgIpc) is 2.36. The van der Waals surface area contributed by atoms with Crippen molar-refractivity contribution in [2.45, 2.75) is 6.92 Å².